The Labute approximate surface area is 273 Å². The molecule has 0 N–H and O–H groups in total. The van der Waals surface area contributed by atoms with E-state index in [-0.39, 0.29) is 29.8 Å². The highest BCUT2D eigenvalue weighted by Crippen LogP contribution is 2.37. The molecule has 0 spiro atoms. The summed E-state index contributed by atoms with van der Waals surface area (Å²) in [6.07, 6.45) is -3.69. The predicted octanol–water partition coefficient (Wildman–Crippen LogP) is 7.86. The molecule has 4 aromatic rings. The molecular formula is C37H38ClF3N2O3. The molecule has 5 nitrogen and oxygen atoms in total. The Morgan fingerprint density at radius 1 is 0.848 bits per heavy atom. The van der Waals surface area contributed by atoms with Crippen molar-refractivity contribution in [3.8, 4) is 5.75 Å². The lowest BCUT2D eigenvalue weighted by Crippen LogP contribution is -2.41. The van der Waals surface area contributed by atoms with Gasteiger partial charge in [-0.1, -0.05) is 103 Å². The normalized spacial score (nSPS) is 13.7. The maximum Gasteiger partial charge on any atom is 0.417 e. The number of morpholine rings is 1. The van der Waals surface area contributed by atoms with E-state index in [9.17, 15) is 18.0 Å². The summed E-state index contributed by atoms with van der Waals surface area (Å²) in [6, 6.07) is 31.8. The molecule has 1 amide bonds. The van der Waals surface area contributed by atoms with Crippen LogP contribution in [0, 0.1) is 0 Å². The van der Waals surface area contributed by atoms with E-state index in [0.29, 0.717) is 63.7 Å². The zero-order valence-corrected chi connectivity index (χ0v) is 26.4. The third-order valence-corrected chi connectivity index (χ3v) is 8.62. The number of alkyl halides is 3. The molecule has 1 aliphatic heterocycles. The summed E-state index contributed by atoms with van der Waals surface area (Å²) in [7, 11) is 0. The standard InChI is InChI=1S/C37H38ClF3N2O3/c38-36-31(16-9-17-33(36)37(39,40)41)26-42(27-32(28-11-3-1-4-12-28)29-13-5-2-6-14-29)19-10-22-46-34-18-8-7-15-30(34)25-35(44)43-20-23-45-24-21-43/h1-9,11-18,32H,10,19-27H2. The zero-order valence-electron chi connectivity index (χ0n) is 25.6. The van der Waals surface area contributed by atoms with Crippen molar-refractivity contribution in [2.75, 3.05) is 46.0 Å². The van der Waals surface area contributed by atoms with Crippen molar-refractivity contribution in [2.45, 2.75) is 31.5 Å². The van der Waals surface area contributed by atoms with Crippen LogP contribution in [0.1, 0.15) is 40.2 Å². The highest BCUT2D eigenvalue weighted by Gasteiger charge is 2.34. The van der Waals surface area contributed by atoms with Crippen LogP contribution in [0.4, 0.5) is 13.2 Å². The highest BCUT2D eigenvalue weighted by atomic mass is 35.5. The van der Waals surface area contributed by atoms with Crippen LogP contribution in [0.5, 0.6) is 5.75 Å². The molecule has 242 valence electrons. The number of para-hydroxylation sites is 1. The van der Waals surface area contributed by atoms with E-state index in [0.717, 1.165) is 22.8 Å². The molecule has 0 radical (unpaired) electrons. The summed E-state index contributed by atoms with van der Waals surface area (Å²) in [4.78, 5) is 16.8. The Hall–Kier alpha value is -3.85. The van der Waals surface area contributed by atoms with Crippen molar-refractivity contribution in [3.05, 3.63) is 136 Å². The first kappa shape index (κ1) is 33.5. The number of nitrogens with zero attached hydrogens (tertiary/aromatic N) is 2. The largest absolute Gasteiger partial charge is 0.493 e. The highest BCUT2D eigenvalue weighted by molar-refractivity contribution is 6.32. The molecular weight excluding hydrogens is 613 g/mol. The van der Waals surface area contributed by atoms with Gasteiger partial charge in [0.2, 0.25) is 5.91 Å². The first-order valence-electron chi connectivity index (χ1n) is 15.5. The lowest BCUT2D eigenvalue weighted by Gasteiger charge is -2.29. The molecule has 0 unspecified atom stereocenters. The summed E-state index contributed by atoms with van der Waals surface area (Å²) in [5.41, 5.74) is 2.64. The minimum absolute atomic E-state index is 0.0141. The second kappa shape index (κ2) is 16.1. The first-order valence-corrected chi connectivity index (χ1v) is 15.9. The quantitative estimate of drug-likeness (QED) is 0.138. The van der Waals surface area contributed by atoms with Crippen molar-refractivity contribution in [1.82, 2.24) is 9.80 Å². The van der Waals surface area contributed by atoms with Gasteiger partial charge in [-0.15, -0.1) is 0 Å². The van der Waals surface area contributed by atoms with Gasteiger partial charge in [-0.3, -0.25) is 9.69 Å². The van der Waals surface area contributed by atoms with Crippen LogP contribution < -0.4 is 4.74 Å². The summed E-state index contributed by atoms with van der Waals surface area (Å²) in [6.45, 7) is 3.98. The monoisotopic (exact) mass is 650 g/mol. The molecule has 0 aliphatic carbocycles. The van der Waals surface area contributed by atoms with Crippen molar-refractivity contribution >= 4 is 17.5 Å². The van der Waals surface area contributed by atoms with Crippen molar-refractivity contribution in [3.63, 3.8) is 0 Å². The van der Waals surface area contributed by atoms with Crippen LogP contribution in [0.3, 0.4) is 0 Å². The molecule has 1 aliphatic rings. The average Bonchev–Trinajstić information content (AvgIpc) is 3.07. The number of carbonyl (C=O) groups is 1. The maximum absolute atomic E-state index is 13.7. The average molecular weight is 651 g/mol. The van der Waals surface area contributed by atoms with Crippen LogP contribution in [-0.2, 0) is 28.7 Å². The lowest BCUT2D eigenvalue weighted by atomic mass is 9.90. The smallest absolute Gasteiger partial charge is 0.417 e. The van der Waals surface area contributed by atoms with Crippen LogP contribution in [0.25, 0.3) is 0 Å². The summed E-state index contributed by atoms with van der Waals surface area (Å²) in [5.74, 6) is 0.680. The van der Waals surface area contributed by atoms with Gasteiger partial charge in [-0.2, -0.15) is 13.2 Å². The van der Waals surface area contributed by atoms with E-state index in [1.54, 1.807) is 6.07 Å². The molecule has 5 rings (SSSR count). The molecule has 4 aromatic carbocycles. The number of halogens is 4. The van der Waals surface area contributed by atoms with Crippen molar-refractivity contribution in [1.29, 1.82) is 0 Å². The number of ether oxygens (including phenoxy) is 2. The summed E-state index contributed by atoms with van der Waals surface area (Å²) in [5, 5.41) is -0.272. The molecule has 0 atom stereocenters. The third-order valence-electron chi connectivity index (χ3n) is 8.18. The van der Waals surface area contributed by atoms with Gasteiger partial charge in [0, 0.05) is 44.2 Å². The topological polar surface area (TPSA) is 42.0 Å². The molecule has 1 fully saturated rings. The second-order valence-electron chi connectivity index (χ2n) is 11.4. The molecule has 0 saturated carbocycles. The van der Waals surface area contributed by atoms with Gasteiger partial charge in [0.15, 0.2) is 0 Å². The fraction of sp³-hybridized carbons (Fsp3) is 0.324. The predicted molar refractivity (Wildman–Crippen MR) is 174 cm³/mol. The van der Waals surface area contributed by atoms with E-state index in [4.69, 9.17) is 21.1 Å². The molecule has 46 heavy (non-hydrogen) atoms. The molecule has 0 bridgehead atoms. The number of amides is 1. The Bertz CT molecular complexity index is 1510. The fourth-order valence-electron chi connectivity index (χ4n) is 5.78. The summed E-state index contributed by atoms with van der Waals surface area (Å²) >= 11 is 6.36. The van der Waals surface area contributed by atoms with Gasteiger partial charge >= 0.3 is 6.18 Å². The minimum Gasteiger partial charge on any atom is -0.493 e. The fourth-order valence-corrected chi connectivity index (χ4v) is 6.07. The van der Waals surface area contributed by atoms with Gasteiger partial charge in [0.25, 0.3) is 0 Å². The van der Waals surface area contributed by atoms with Gasteiger partial charge in [-0.05, 0) is 35.2 Å². The van der Waals surface area contributed by atoms with Gasteiger partial charge in [0.05, 0.1) is 36.8 Å². The van der Waals surface area contributed by atoms with E-state index < -0.39 is 11.7 Å². The SMILES string of the molecule is O=C(Cc1ccccc1OCCCN(Cc1cccc(C(F)(F)F)c1Cl)CC(c1ccccc1)c1ccccc1)N1CCOCC1. The minimum atomic E-state index is -4.54. The Balaban J connectivity index is 1.32. The number of benzene rings is 4. The van der Waals surface area contributed by atoms with E-state index in [1.807, 2.05) is 65.6 Å². The van der Waals surface area contributed by atoms with Crippen molar-refractivity contribution in [2.24, 2.45) is 0 Å². The number of carbonyl (C=O) groups excluding carboxylic acids is 1. The number of rotatable bonds is 13. The van der Waals surface area contributed by atoms with Crippen LogP contribution in [0.2, 0.25) is 5.02 Å². The summed E-state index contributed by atoms with van der Waals surface area (Å²) < 4.78 is 52.7. The molecule has 9 heteroatoms. The van der Waals surface area contributed by atoms with Gasteiger partial charge in [-0.25, -0.2) is 0 Å². The maximum atomic E-state index is 13.7. The van der Waals surface area contributed by atoms with Crippen molar-refractivity contribution < 1.29 is 27.4 Å². The lowest BCUT2D eigenvalue weighted by molar-refractivity contribution is -0.137. The Morgan fingerprint density at radius 2 is 1.46 bits per heavy atom. The first-order chi connectivity index (χ1) is 22.3. The van der Waals surface area contributed by atoms with E-state index >= 15 is 0 Å². The van der Waals surface area contributed by atoms with Gasteiger partial charge in [0.1, 0.15) is 5.75 Å². The second-order valence-corrected chi connectivity index (χ2v) is 11.7. The Morgan fingerprint density at radius 3 is 2.11 bits per heavy atom. The molecule has 1 saturated heterocycles. The zero-order chi connectivity index (χ0) is 32.4. The van der Waals surface area contributed by atoms with Crippen LogP contribution in [0.15, 0.2) is 103 Å². The van der Waals surface area contributed by atoms with Gasteiger partial charge < -0.3 is 14.4 Å². The van der Waals surface area contributed by atoms with E-state index in [1.165, 1.54) is 6.07 Å². The number of hydrogen-bond donors (Lipinski definition) is 0. The van der Waals surface area contributed by atoms with Crippen LogP contribution >= 0.6 is 11.6 Å². The molecule has 0 aromatic heterocycles. The Kier molecular flexibility index (Phi) is 11.7. The number of hydrogen-bond acceptors (Lipinski definition) is 4. The van der Waals surface area contributed by atoms with Crippen LogP contribution in [-0.4, -0.2) is 61.7 Å². The third kappa shape index (κ3) is 9.12. The van der Waals surface area contributed by atoms with E-state index in [2.05, 4.69) is 29.2 Å². The molecule has 1 heterocycles.